The van der Waals surface area contributed by atoms with Crippen LogP contribution in [0.15, 0.2) is 58.5 Å². The Balaban J connectivity index is 1.69. The van der Waals surface area contributed by atoms with Crippen LogP contribution in [0.5, 0.6) is 0 Å². The van der Waals surface area contributed by atoms with Crippen molar-refractivity contribution in [1.29, 1.82) is 0 Å². The number of hydrogen-bond donors (Lipinski definition) is 5. The van der Waals surface area contributed by atoms with E-state index in [0.717, 1.165) is 39.1 Å². The number of nitrogens with zero attached hydrogens (tertiary/aromatic N) is 1. The zero-order valence-electron chi connectivity index (χ0n) is 17.8. The summed E-state index contributed by atoms with van der Waals surface area (Å²) in [6.45, 7) is 1.67. The van der Waals surface area contributed by atoms with Gasteiger partial charge < -0.3 is 34.8 Å². The number of benzene rings is 2. The van der Waals surface area contributed by atoms with Crippen LogP contribution in [0.2, 0.25) is 0 Å². The van der Waals surface area contributed by atoms with Crippen molar-refractivity contribution in [1.82, 2.24) is 4.57 Å². The van der Waals surface area contributed by atoms with Gasteiger partial charge in [-0.3, -0.25) is 0 Å². The molecule has 172 valence electrons. The normalized spacial score (nSPS) is 26.0. The van der Waals surface area contributed by atoms with E-state index in [-0.39, 0.29) is 6.61 Å². The van der Waals surface area contributed by atoms with Crippen molar-refractivity contribution < 1.29 is 30.3 Å². The van der Waals surface area contributed by atoms with E-state index in [1.807, 2.05) is 43.5 Å². The lowest BCUT2D eigenvalue weighted by Gasteiger charge is -2.40. The number of aromatic nitrogens is 1. The third kappa shape index (κ3) is 4.45. The van der Waals surface area contributed by atoms with E-state index in [1.54, 1.807) is 16.3 Å². The quantitative estimate of drug-likeness (QED) is 0.367. The van der Waals surface area contributed by atoms with Gasteiger partial charge in [0.05, 0.1) is 12.1 Å². The number of aliphatic hydroxyl groups excluding tert-OH is 5. The third-order valence-corrected chi connectivity index (χ3v) is 6.99. The van der Waals surface area contributed by atoms with E-state index < -0.39 is 37.3 Å². The second-order valence-electron chi connectivity index (χ2n) is 8.16. The first-order chi connectivity index (χ1) is 15.4. The fourth-order valence-corrected chi connectivity index (χ4v) is 5.16. The molecule has 32 heavy (non-hydrogen) atoms. The van der Waals surface area contributed by atoms with Crippen LogP contribution >= 0.6 is 11.8 Å². The van der Waals surface area contributed by atoms with Crippen LogP contribution in [-0.2, 0) is 11.2 Å². The molecule has 4 rings (SSSR count). The average Bonchev–Trinajstić information content (AvgIpc) is 3.16. The van der Waals surface area contributed by atoms with Gasteiger partial charge in [0.2, 0.25) is 0 Å². The Morgan fingerprint density at radius 3 is 2.41 bits per heavy atom. The van der Waals surface area contributed by atoms with Crippen molar-refractivity contribution in [2.45, 2.75) is 60.2 Å². The largest absolute Gasteiger partial charge is 0.396 e. The average molecular weight is 460 g/mol. The maximum Gasteiger partial charge on any atom is 0.163 e. The van der Waals surface area contributed by atoms with E-state index in [1.165, 1.54) is 5.56 Å². The summed E-state index contributed by atoms with van der Waals surface area (Å²) in [5.74, 6) is 0. The Morgan fingerprint density at radius 2 is 1.72 bits per heavy atom. The molecule has 0 bridgehead atoms. The third-order valence-electron chi connectivity index (χ3n) is 5.93. The first kappa shape index (κ1) is 23.3. The molecule has 1 aromatic heterocycles. The summed E-state index contributed by atoms with van der Waals surface area (Å²) in [5, 5.41) is 50.6. The van der Waals surface area contributed by atoms with E-state index in [2.05, 4.69) is 12.1 Å². The smallest absolute Gasteiger partial charge is 0.163 e. The van der Waals surface area contributed by atoms with Gasteiger partial charge >= 0.3 is 0 Å². The lowest BCUT2D eigenvalue weighted by Crippen LogP contribution is -2.56. The van der Waals surface area contributed by atoms with Gasteiger partial charge in [-0.05, 0) is 43.0 Å². The zero-order valence-corrected chi connectivity index (χ0v) is 18.7. The Bertz CT molecular complexity index is 1050. The summed E-state index contributed by atoms with van der Waals surface area (Å²) < 4.78 is 7.60. The second kappa shape index (κ2) is 9.93. The maximum atomic E-state index is 10.7. The molecule has 1 aliphatic heterocycles. The van der Waals surface area contributed by atoms with Gasteiger partial charge in [-0.2, -0.15) is 0 Å². The van der Waals surface area contributed by atoms with Crippen molar-refractivity contribution >= 4 is 22.7 Å². The highest BCUT2D eigenvalue weighted by molar-refractivity contribution is 7.99. The summed E-state index contributed by atoms with van der Waals surface area (Å²) >= 11 is 1.58. The Morgan fingerprint density at radius 1 is 0.969 bits per heavy atom. The van der Waals surface area contributed by atoms with Crippen LogP contribution < -0.4 is 0 Å². The molecule has 2 aromatic carbocycles. The number of aliphatic hydroxyl groups is 5. The molecule has 1 saturated heterocycles. The monoisotopic (exact) mass is 459 g/mol. The van der Waals surface area contributed by atoms with Crippen LogP contribution in [0.25, 0.3) is 10.9 Å². The number of para-hydroxylation sites is 1. The van der Waals surface area contributed by atoms with Gasteiger partial charge in [0, 0.05) is 28.0 Å². The fraction of sp³-hybridized carbons (Fsp3) is 0.417. The van der Waals surface area contributed by atoms with Gasteiger partial charge in [-0.15, -0.1) is 0 Å². The van der Waals surface area contributed by atoms with E-state index in [0.29, 0.717) is 0 Å². The van der Waals surface area contributed by atoms with Crippen molar-refractivity contribution in [2.75, 3.05) is 13.2 Å². The molecule has 0 amide bonds. The molecule has 5 N–H and O–H groups in total. The van der Waals surface area contributed by atoms with Crippen molar-refractivity contribution in [3.63, 3.8) is 0 Å². The number of fused-ring (bicyclic) bond motifs is 1. The highest BCUT2D eigenvalue weighted by Gasteiger charge is 2.44. The molecule has 2 heterocycles. The van der Waals surface area contributed by atoms with E-state index in [4.69, 9.17) is 9.84 Å². The summed E-state index contributed by atoms with van der Waals surface area (Å²) in [6.07, 6.45) is -2.66. The summed E-state index contributed by atoms with van der Waals surface area (Å²) in [6, 6.07) is 14.1. The predicted octanol–water partition coefficient (Wildman–Crippen LogP) is 2.00. The Hall–Kier alpha value is -1.91. The molecule has 0 saturated carbocycles. The summed E-state index contributed by atoms with van der Waals surface area (Å²) in [5.41, 5.74) is 3.01. The lowest BCUT2D eigenvalue weighted by molar-refractivity contribution is -0.250. The number of rotatable bonds is 7. The van der Waals surface area contributed by atoms with Crippen molar-refractivity contribution in [2.24, 2.45) is 0 Å². The van der Waals surface area contributed by atoms with Crippen LogP contribution in [-0.4, -0.2) is 67.7 Å². The Labute approximate surface area is 190 Å². The first-order valence-electron chi connectivity index (χ1n) is 10.7. The Kier molecular flexibility index (Phi) is 7.21. The van der Waals surface area contributed by atoms with E-state index >= 15 is 0 Å². The van der Waals surface area contributed by atoms with Crippen molar-refractivity contribution in [3.05, 3.63) is 59.8 Å². The fourth-order valence-electron chi connectivity index (χ4n) is 4.19. The van der Waals surface area contributed by atoms with Gasteiger partial charge in [0.15, 0.2) is 6.23 Å². The van der Waals surface area contributed by atoms with Crippen LogP contribution in [0.4, 0.5) is 0 Å². The van der Waals surface area contributed by atoms with Gasteiger partial charge in [-0.25, -0.2) is 0 Å². The van der Waals surface area contributed by atoms with Gasteiger partial charge in [0.25, 0.3) is 0 Å². The van der Waals surface area contributed by atoms with Gasteiger partial charge in [-0.1, -0.05) is 42.1 Å². The molecule has 1 fully saturated rings. The second-order valence-corrected chi connectivity index (χ2v) is 9.28. The topological polar surface area (TPSA) is 115 Å². The maximum absolute atomic E-state index is 10.7. The minimum atomic E-state index is -1.44. The molecule has 0 radical (unpaired) electrons. The highest BCUT2D eigenvalue weighted by Crippen LogP contribution is 2.40. The zero-order chi connectivity index (χ0) is 22.8. The molecule has 5 atom stereocenters. The minimum absolute atomic E-state index is 0.174. The molecule has 3 aromatic rings. The van der Waals surface area contributed by atoms with Crippen molar-refractivity contribution in [3.8, 4) is 0 Å². The molecule has 0 spiro atoms. The highest BCUT2D eigenvalue weighted by atomic mass is 32.2. The molecular formula is C24H29NO6S. The summed E-state index contributed by atoms with van der Waals surface area (Å²) in [7, 11) is 0. The van der Waals surface area contributed by atoms with Crippen LogP contribution in [0.3, 0.4) is 0 Å². The molecular weight excluding hydrogens is 430 g/mol. The molecule has 7 nitrogen and oxygen atoms in total. The summed E-state index contributed by atoms with van der Waals surface area (Å²) in [4.78, 5) is 2.01. The van der Waals surface area contributed by atoms with E-state index in [9.17, 15) is 20.4 Å². The molecule has 8 heteroatoms. The first-order valence-corrected chi connectivity index (χ1v) is 11.5. The number of ether oxygens (including phenoxy) is 1. The lowest BCUT2D eigenvalue weighted by atomic mass is 9.98. The number of hydrogen-bond acceptors (Lipinski definition) is 7. The number of aryl methyl sites for hydroxylation is 2. The van der Waals surface area contributed by atoms with Crippen LogP contribution in [0.1, 0.15) is 23.8 Å². The van der Waals surface area contributed by atoms with Crippen LogP contribution in [0, 0.1) is 6.92 Å². The molecule has 1 aliphatic rings. The minimum Gasteiger partial charge on any atom is -0.396 e. The SMILES string of the molecule is Cc1cccc2c(Sc3ccc(CCCO)cc3)cn([C@@H]3O[C@H](CO)[C@@H](O)[C@H](O)[C@H]3O)c12. The predicted molar refractivity (Wildman–Crippen MR) is 122 cm³/mol. The molecule has 0 aliphatic carbocycles. The van der Waals surface area contributed by atoms with Gasteiger partial charge in [0.1, 0.15) is 24.4 Å². The standard InChI is InChI=1S/C24H29NO6S/c1-14-4-2-6-17-19(32-16-9-7-15(8-10-16)5-3-11-26)12-25(20(14)17)24-23(30)22(29)21(28)18(13-27)31-24/h2,4,6-10,12,18,21-24,26-30H,3,5,11,13H2,1H3/t18-,21-,22+,23-,24-/m1/s1. The molecule has 0 unspecified atom stereocenters.